The second-order valence-electron chi connectivity index (χ2n) is 7.56. The third-order valence-corrected chi connectivity index (χ3v) is 5.35. The van der Waals surface area contributed by atoms with Crippen LogP contribution in [0.4, 0.5) is 5.69 Å². The third kappa shape index (κ3) is 5.42. The lowest BCUT2D eigenvalue weighted by molar-refractivity contribution is -0.141. The molecule has 1 aliphatic heterocycles. The number of benzene rings is 2. The van der Waals surface area contributed by atoms with Crippen LogP contribution in [0.2, 0.25) is 0 Å². The van der Waals surface area contributed by atoms with Crippen LogP contribution in [0, 0.1) is 12.8 Å². The average molecular weight is 424 g/mol. The second kappa shape index (κ2) is 10.1. The number of nitrogens with zero attached hydrogens (tertiary/aromatic N) is 1. The monoisotopic (exact) mass is 424 g/mol. The molecule has 0 saturated carbocycles. The van der Waals surface area contributed by atoms with Gasteiger partial charge < -0.3 is 19.7 Å². The standard InChI is InChI=1S/C24H28N2O5/c1-4-31-21-8-6-5-7-20(21)26-15-18(13-22(26)27)24(29)25-19(14-23(28)30-3)17-11-9-16(2)10-12-17/h5-12,18-19H,4,13-15H2,1-3H3,(H,25,29). The van der Waals surface area contributed by atoms with Crippen LogP contribution in [0.25, 0.3) is 0 Å². The van der Waals surface area contributed by atoms with E-state index in [-0.39, 0.29) is 31.2 Å². The minimum atomic E-state index is -0.527. The SMILES string of the molecule is CCOc1ccccc1N1CC(C(=O)NC(CC(=O)OC)c2ccc(C)cc2)CC1=O. The van der Waals surface area contributed by atoms with E-state index in [4.69, 9.17) is 9.47 Å². The fraction of sp³-hybridized carbons (Fsp3) is 0.375. The van der Waals surface area contributed by atoms with Crippen LogP contribution in [0.3, 0.4) is 0 Å². The Bertz CT molecular complexity index is 941. The number of esters is 1. The highest BCUT2D eigenvalue weighted by molar-refractivity contribution is 6.01. The van der Waals surface area contributed by atoms with E-state index in [1.807, 2.05) is 62.4 Å². The first kappa shape index (κ1) is 22.3. The van der Waals surface area contributed by atoms with Gasteiger partial charge in [0.1, 0.15) is 5.75 Å². The number of ether oxygens (including phenoxy) is 2. The van der Waals surface area contributed by atoms with Crippen molar-refractivity contribution >= 4 is 23.5 Å². The Morgan fingerprint density at radius 3 is 2.55 bits per heavy atom. The number of nitrogens with one attached hydrogen (secondary N) is 1. The minimum absolute atomic E-state index is 0.0167. The number of hydrogen-bond acceptors (Lipinski definition) is 5. The van der Waals surface area contributed by atoms with Gasteiger partial charge in [-0.25, -0.2) is 0 Å². The Kier molecular flexibility index (Phi) is 7.28. The van der Waals surface area contributed by atoms with Crippen LogP contribution < -0.4 is 15.0 Å². The molecule has 2 aromatic carbocycles. The largest absolute Gasteiger partial charge is 0.492 e. The fourth-order valence-electron chi connectivity index (χ4n) is 3.66. The molecule has 3 rings (SSSR count). The molecule has 0 spiro atoms. The highest BCUT2D eigenvalue weighted by Crippen LogP contribution is 2.33. The number of carbonyl (C=O) groups is 3. The van der Waals surface area contributed by atoms with Gasteiger partial charge >= 0.3 is 5.97 Å². The van der Waals surface area contributed by atoms with Gasteiger partial charge in [-0.05, 0) is 31.5 Å². The lowest BCUT2D eigenvalue weighted by Crippen LogP contribution is -2.36. The number of anilines is 1. The van der Waals surface area contributed by atoms with Crippen molar-refractivity contribution in [3.8, 4) is 5.75 Å². The molecule has 2 unspecified atom stereocenters. The molecule has 7 nitrogen and oxygen atoms in total. The van der Waals surface area contributed by atoms with Crippen molar-refractivity contribution in [3.63, 3.8) is 0 Å². The van der Waals surface area contributed by atoms with Gasteiger partial charge in [0.05, 0.1) is 37.8 Å². The zero-order valence-corrected chi connectivity index (χ0v) is 18.1. The van der Waals surface area contributed by atoms with Gasteiger partial charge in [0.2, 0.25) is 11.8 Å². The summed E-state index contributed by atoms with van der Waals surface area (Å²) in [7, 11) is 1.32. The number of aryl methyl sites for hydroxylation is 1. The minimum Gasteiger partial charge on any atom is -0.492 e. The molecule has 0 bridgehead atoms. The maximum absolute atomic E-state index is 13.0. The van der Waals surface area contributed by atoms with Crippen LogP contribution >= 0.6 is 0 Å². The number of para-hydroxylation sites is 2. The maximum Gasteiger partial charge on any atom is 0.307 e. The first-order valence-electron chi connectivity index (χ1n) is 10.4. The Labute approximate surface area is 182 Å². The fourth-order valence-corrected chi connectivity index (χ4v) is 3.66. The lowest BCUT2D eigenvalue weighted by Gasteiger charge is -2.22. The van der Waals surface area contributed by atoms with E-state index in [1.165, 1.54) is 7.11 Å². The zero-order valence-electron chi connectivity index (χ0n) is 18.1. The average Bonchev–Trinajstić information content (AvgIpc) is 3.16. The number of hydrogen-bond donors (Lipinski definition) is 1. The Morgan fingerprint density at radius 2 is 1.87 bits per heavy atom. The number of carbonyl (C=O) groups excluding carboxylic acids is 3. The van der Waals surface area contributed by atoms with E-state index >= 15 is 0 Å². The summed E-state index contributed by atoms with van der Waals surface area (Å²) in [5, 5.41) is 2.94. The molecule has 2 aromatic rings. The molecule has 1 heterocycles. The van der Waals surface area contributed by atoms with E-state index in [9.17, 15) is 14.4 Å². The normalized spacial score (nSPS) is 16.7. The molecule has 1 aliphatic rings. The number of methoxy groups -OCH3 is 1. The highest BCUT2D eigenvalue weighted by atomic mass is 16.5. The lowest BCUT2D eigenvalue weighted by atomic mass is 10.0. The van der Waals surface area contributed by atoms with Gasteiger partial charge in [-0.3, -0.25) is 14.4 Å². The molecular weight excluding hydrogens is 396 g/mol. The van der Waals surface area contributed by atoms with Crippen molar-refractivity contribution in [2.75, 3.05) is 25.2 Å². The molecule has 1 fully saturated rings. The van der Waals surface area contributed by atoms with Crippen molar-refractivity contribution in [1.29, 1.82) is 0 Å². The summed E-state index contributed by atoms with van der Waals surface area (Å²) in [6, 6.07) is 14.4. The van der Waals surface area contributed by atoms with Crippen LogP contribution in [-0.4, -0.2) is 38.0 Å². The van der Waals surface area contributed by atoms with Gasteiger partial charge in [0.15, 0.2) is 0 Å². The molecule has 0 radical (unpaired) electrons. The van der Waals surface area contributed by atoms with Crippen molar-refractivity contribution in [2.24, 2.45) is 5.92 Å². The van der Waals surface area contributed by atoms with E-state index in [0.29, 0.717) is 18.0 Å². The van der Waals surface area contributed by atoms with E-state index in [2.05, 4.69) is 5.32 Å². The summed E-state index contributed by atoms with van der Waals surface area (Å²) in [4.78, 5) is 39.2. The quantitative estimate of drug-likeness (QED) is 0.658. The topological polar surface area (TPSA) is 84.9 Å². The smallest absolute Gasteiger partial charge is 0.307 e. The predicted molar refractivity (Wildman–Crippen MR) is 117 cm³/mol. The second-order valence-corrected chi connectivity index (χ2v) is 7.56. The van der Waals surface area contributed by atoms with Crippen molar-refractivity contribution in [3.05, 3.63) is 59.7 Å². The molecule has 31 heavy (non-hydrogen) atoms. The predicted octanol–water partition coefficient (Wildman–Crippen LogP) is 3.17. The van der Waals surface area contributed by atoms with Crippen LogP contribution in [-0.2, 0) is 19.1 Å². The first-order valence-corrected chi connectivity index (χ1v) is 10.4. The molecule has 164 valence electrons. The Morgan fingerprint density at radius 1 is 1.16 bits per heavy atom. The highest BCUT2D eigenvalue weighted by Gasteiger charge is 2.37. The first-order chi connectivity index (χ1) is 14.9. The molecule has 0 aliphatic carbocycles. The van der Waals surface area contributed by atoms with Gasteiger partial charge in [-0.1, -0.05) is 42.0 Å². The summed E-state index contributed by atoms with van der Waals surface area (Å²) in [6.07, 6.45) is 0.119. The molecule has 2 amide bonds. The summed E-state index contributed by atoms with van der Waals surface area (Å²) in [5.41, 5.74) is 2.55. The van der Waals surface area contributed by atoms with Crippen molar-refractivity contribution in [1.82, 2.24) is 5.32 Å². The molecule has 0 aromatic heterocycles. The van der Waals surface area contributed by atoms with Crippen molar-refractivity contribution in [2.45, 2.75) is 32.7 Å². The molecule has 2 atom stereocenters. The summed E-state index contributed by atoms with van der Waals surface area (Å²) in [6.45, 7) is 4.59. The van der Waals surface area contributed by atoms with Crippen LogP contribution in [0.1, 0.15) is 36.9 Å². The van der Waals surface area contributed by atoms with E-state index in [0.717, 1.165) is 11.1 Å². The maximum atomic E-state index is 13.0. The van der Waals surface area contributed by atoms with Gasteiger partial charge in [-0.2, -0.15) is 0 Å². The van der Waals surface area contributed by atoms with Gasteiger partial charge in [0.25, 0.3) is 0 Å². The molecule has 7 heteroatoms. The van der Waals surface area contributed by atoms with Crippen LogP contribution in [0.5, 0.6) is 5.75 Å². The summed E-state index contributed by atoms with van der Waals surface area (Å²) in [5.74, 6) is -0.720. The van der Waals surface area contributed by atoms with E-state index < -0.39 is 17.9 Å². The van der Waals surface area contributed by atoms with Gasteiger partial charge in [-0.15, -0.1) is 0 Å². The van der Waals surface area contributed by atoms with Gasteiger partial charge in [0, 0.05) is 13.0 Å². The Hall–Kier alpha value is -3.35. The molecular formula is C24H28N2O5. The third-order valence-electron chi connectivity index (χ3n) is 5.35. The van der Waals surface area contributed by atoms with Crippen LogP contribution in [0.15, 0.2) is 48.5 Å². The van der Waals surface area contributed by atoms with E-state index in [1.54, 1.807) is 4.90 Å². The summed E-state index contributed by atoms with van der Waals surface area (Å²) < 4.78 is 10.4. The summed E-state index contributed by atoms with van der Waals surface area (Å²) >= 11 is 0. The Balaban J connectivity index is 1.75. The van der Waals surface area contributed by atoms with Crippen molar-refractivity contribution < 1.29 is 23.9 Å². The number of amides is 2. The zero-order chi connectivity index (χ0) is 22.4. The molecule has 1 N–H and O–H groups in total. The number of rotatable bonds is 8. The molecule has 1 saturated heterocycles.